The van der Waals surface area contributed by atoms with Crippen molar-refractivity contribution >= 4 is 34.2 Å². The van der Waals surface area contributed by atoms with E-state index in [9.17, 15) is 14.3 Å². The van der Waals surface area contributed by atoms with Crippen molar-refractivity contribution in [3.8, 4) is 6.08 Å². The van der Waals surface area contributed by atoms with Crippen LogP contribution in [-0.4, -0.2) is 56.3 Å². The van der Waals surface area contributed by atoms with E-state index in [0.717, 1.165) is 48.4 Å². The number of carbonyl (C=O) groups is 1. The van der Waals surface area contributed by atoms with Crippen LogP contribution in [0.25, 0.3) is 16.6 Å². The molecule has 11 heteroatoms. The fraction of sp³-hybridized carbons (Fsp3) is 0.321. The Labute approximate surface area is 228 Å². The van der Waals surface area contributed by atoms with Crippen LogP contribution < -0.4 is 4.74 Å². The van der Waals surface area contributed by atoms with Gasteiger partial charge in [0.2, 0.25) is 0 Å². The number of hydrogen-bond acceptors (Lipinski definition) is 7. The van der Waals surface area contributed by atoms with Crippen molar-refractivity contribution in [2.24, 2.45) is 0 Å². The summed E-state index contributed by atoms with van der Waals surface area (Å²) in [4.78, 5) is 23.1. The van der Waals surface area contributed by atoms with E-state index in [-0.39, 0.29) is 24.4 Å². The van der Waals surface area contributed by atoms with Crippen LogP contribution in [0, 0.1) is 5.82 Å². The molecule has 4 aromatic rings. The standard InChI is InChI=1S/C28H26ClFN4O5/c29-20-3-1-19(22(30)12-20)15-38-28-32-24(16-39-28)17-5-8-33(9-6-17)14-26-31-23-4-2-18(27(35)36)11-25(23)34(26)13-21-7-10-37-21/h1-5,11-12,16,21H,6-10,13-15H2,(H,35,36). The van der Waals surface area contributed by atoms with Gasteiger partial charge in [-0.15, -0.1) is 0 Å². The first kappa shape index (κ1) is 25.5. The summed E-state index contributed by atoms with van der Waals surface area (Å²) in [7, 11) is 0. The maximum absolute atomic E-state index is 14.0. The molecule has 9 nitrogen and oxygen atoms in total. The Balaban J connectivity index is 1.13. The van der Waals surface area contributed by atoms with Gasteiger partial charge >= 0.3 is 12.0 Å². The van der Waals surface area contributed by atoms with E-state index < -0.39 is 11.8 Å². The lowest BCUT2D eigenvalue weighted by Gasteiger charge is -2.29. The Morgan fingerprint density at radius 2 is 2.10 bits per heavy atom. The van der Waals surface area contributed by atoms with E-state index >= 15 is 0 Å². The van der Waals surface area contributed by atoms with Crippen LogP contribution in [0.5, 0.6) is 6.08 Å². The number of fused-ring (bicyclic) bond motifs is 1. The van der Waals surface area contributed by atoms with E-state index in [2.05, 4.69) is 20.5 Å². The molecule has 0 bridgehead atoms. The average Bonchev–Trinajstić information content (AvgIpc) is 3.50. The predicted octanol–water partition coefficient (Wildman–Crippen LogP) is 5.17. The van der Waals surface area contributed by atoms with E-state index in [4.69, 9.17) is 30.5 Å². The molecule has 2 aliphatic rings. The maximum Gasteiger partial charge on any atom is 0.394 e. The summed E-state index contributed by atoms with van der Waals surface area (Å²) in [6.07, 6.45) is 5.58. The molecule has 0 saturated carbocycles. The Morgan fingerprint density at radius 1 is 1.23 bits per heavy atom. The molecule has 1 atom stereocenters. The van der Waals surface area contributed by atoms with Crippen molar-refractivity contribution in [1.82, 2.24) is 19.4 Å². The molecular weight excluding hydrogens is 527 g/mol. The SMILES string of the molecule is O=C(O)c1ccc2nc(CN3CC=C(c4coc(OCc5ccc(Cl)cc5F)n4)CC3)n(CC3CCO3)c2c1. The molecule has 0 spiro atoms. The van der Waals surface area contributed by atoms with Gasteiger partial charge in [0.25, 0.3) is 0 Å². The lowest BCUT2D eigenvalue weighted by Crippen LogP contribution is -2.33. The number of carboxylic acids is 1. The van der Waals surface area contributed by atoms with Gasteiger partial charge in [-0.1, -0.05) is 23.7 Å². The number of benzene rings is 2. The molecule has 6 rings (SSSR count). The third-order valence-electron chi connectivity index (χ3n) is 7.09. The van der Waals surface area contributed by atoms with Crippen molar-refractivity contribution in [3.05, 3.63) is 82.2 Å². The smallest absolute Gasteiger partial charge is 0.394 e. The van der Waals surface area contributed by atoms with E-state index in [1.54, 1.807) is 36.6 Å². The van der Waals surface area contributed by atoms with E-state index in [1.807, 2.05) is 0 Å². The quantitative estimate of drug-likeness (QED) is 0.303. The number of rotatable bonds is 9. The fourth-order valence-electron chi connectivity index (χ4n) is 4.80. The minimum absolute atomic E-state index is 0.0172. The first-order chi connectivity index (χ1) is 18.9. The number of aromatic nitrogens is 3. The second-order valence-electron chi connectivity index (χ2n) is 9.67. The second-order valence-corrected chi connectivity index (χ2v) is 10.1. The summed E-state index contributed by atoms with van der Waals surface area (Å²) < 4.78 is 32.7. The molecule has 4 heterocycles. The molecule has 0 amide bonds. The molecule has 2 aromatic carbocycles. The second kappa shape index (κ2) is 10.8. The highest BCUT2D eigenvalue weighted by atomic mass is 35.5. The van der Waals surface area contributed by atoms with Crippen LogP contribution in [0.3, 0.4) is 0 Å². The topological polar surface area (TPSA) is 103 Å². The zero-order chi connectivity index (χ0) is 26.9. The van der Waals surface area contributed by atoms with Gasteiger partial charge in [-0.05, 0) is 48.7 Å². The number of carboxylic acid groups (broad SMARTS) is 1. The molecule has 0 aliphatic carbocycles. The van der Waals surface area contributed by atoms with Crippen molar-refractivity contribution in [2.45, 2.75) is 38.6 Å². The zero-order valence-electron chi connectivity index (χ0n) is 21.0. The normalized spacial score (nSPS) is 17.7. The number of imidazole rings is 1. The molecule has 1 fully saturated rings. The summed E-state index contributed by atoms with van der Waals surface area (Å²) in [5, 5.41) is 9.78. The van der Waals surface area contributed by atoms with Gasteiger partial charge in [0.15, 0.2) is 0 Å². The highest BCUT2D eigenvalue weighted by molar-refractivity contribution is 6.30. The highest BCUT2D eigenvalue weighted by Gasteiger charge is 2.24. The Morgan fingerprint density at radius 3 is 2.82 bits per heavy atom. The van der Waals surface area contributed by atoms with Crippen LogP contribution in [0.4, 0.5) is 4.39 Å². The van der Waals surface area contributed by atoms with Crippen molar-refractivity contribution in [1.29, 1.82) is 0 Å². The number of ether oxygens (including phenoxy) is 2. The zero-order valence-corrected chi connectivity index (χ0v) is 21.7. The van der Waals surface area contributed by atoms with Crippen LogP contribution >= 0.6 is 11.6 Å². The lowest BCUT2D eigenvalue weighted by molar-refractivity contribution is -0.0591. The summed E-state index contributed by atoms with van der Waals surface area (Å²) in [6.45, 7) is 3.47. The summed E-state index contributed by atoms with van der Waals surface area (Å²) in [5.74, 6) is -0.523. The molecule has 0 radical (unpaired) electrons. The van der Waals surface area contributed by atoms with E-state index in [0.29, 0.717) is 35.9 Å². The fourth-order valence-corrected chi connectivity index (χ4v) is 4.96. The monoisotopic (exact) mass is 552 g/mol. The van der Waals surface area contributed by atoms with Crippen LogP contribution in [0.1, 0.15) is 40.3 Å². The molecular formula is C28H26ClFN4O5. The van der Waals surface area contributed by atoms with Gasteiger partial charge in [-0.3, -0.25) is 4.90 Å². The molecule has 202 valence electrons. The maximum atomic E-state index is 14.0. The summed E-state index contributed by atoms with van der Waals surface area (Å²) in [6, 6.07) is 9.45. The summed E-state index contributed by atoms with van der Waals surface area (Å²) in [5.41, 5.74) is 3.92. The van der Waals surface area contributed by atoms with Gasteiger partial charge in [0, 0.05) is 30.3 Å². The first-order valence-corrected chi connectivity index (χ1v) is 13.1. The molecule has 39 heavy (non-hydrogen) atoms. The molecule has 1 saturated heterocycles. The Kier molecular flexibility index (Phi) is 7.07. The minimum atomic E-state index is -0.960. The molecule has 2 aromatic heterocycles. The minimum Gasteiger partial charge on any atom is -0.478 e. The van der Waals surface area contributed by atoms with Gasteiger partial charge in [0.05, 0.1) is 35.8 Å². The van der Waals surface area contributed by atoms with Crippen LogP contribution in [0.15, 0.2) is 53.2 Å². The van der Waals surface area contributed by atoms with Gasteiger partial charge < -0.3 is 23.6 Å². The first-order valence-electron chi connectivity index (χ1n) is 12.7. The number of hydrogen-bond donors (Lipinski definition) is 1. The number of nitrogens with zero attached hydrogens (tertiary/aromatic N) is 4. The van der Waals surface area contributed by atoms with E-state index in [1.165, 1.54) is 6.07 Å². The molecule has 1 unspecified atom stereocenters. The number of oxazole rings is 1. The third kappa shape index (κ3) is 5.54. The Bertz CT molecular complexity index is 1560. The largest absolute Gasteiger partial charge is 0.478 e. The number of aromatic carboxylic acids is 1. The summed E-state index contributed by atoms with van der Waals surface area (Å²) >= 11 is 5.80. The number of halogens is 2. The van der Waals surface area contributed by atoms with Gasteiger partial charge in [-0.2, -0.15) is 4.98 Å². The Hall–Kier alpha value is -3.73. The van der Waals surface area contributed by atoms with Gasteiger partial charge in [-0.25, -0.2) is 14.2 Å². The van der Waals surface area contributed by atoms with Crippen molar-refractivity contribution in [2.75, 3.05) is 19.7 Å². The highest BCUT2D eigenvalue weighted by Crippen LogP contribution is 2.27. The molecule has 2 aliphatic heterocycles. The average molecular weight is 553 g/mol. The third-order valence-corrected chi connectivity index (χ3v) is 7.33. The van der Waals surface area contributed by atoms with Gasteiger partial charge in [0.1, 0.15) is 30.2 Å². The van der Waals surface area contributed by atoms with Crippen LogP contribution in [-0.2, 0) is 24.4 Å². The predicted molar refractivity (Wildman–Crippen MR) is 141 cm³/mol. The van der Waals surface area contributed by atoms with Crippen molar-refractivity contribution in [3.63, 3.8) is 0 Å². The van der Waals surface area contributed by atoms with Crippen LogP contribution in [0.2, 0.25) is 5.02 Å². The lowest BCUT2D eigenvalue weighted by atomic mass is 10.1. The van der Waals surface area contributed by atoms with Crippen molar-refractivity contribution < 1.29 is 28.2 Å². The molecule has 1 N–H and O–H groups in total.